The lowest BCUT2D eigenvalue weighted by Crippen LogP contribution is -2.44. The topological polar surface area (TPSA) is 73.6 Å². The van der Waals surface area contributed by atoms with E-state index in [1.807, 2.05) is 42.7 Å². The molecule has 3 aromatic heterocycles. The first-order valence-corrected chi connectivity index (χ1v) is 10.5. The maximum absolute atomic E-state index is 4.71. The SMILES string of the molecule is CN1CCN(c2cccc(Nc3nc4c(NCc5cccnc5)cccn4n3)c2)CC1.[HH]. The number of aromatic nitrogens is 4. The first-order valence-electron chi connectivity index (χ1n) is 10.5. The highest BCUT2D eigenvalue weighted by Crippen LogP contribution is 2.24. The van der Waals surface area contributed by atoms with Crippen molar-refractivity contribution in [2.45, 2.75) is 6.54 Å². The fourth-order valence-electron chi connectivity index (χ4n) is 3.77. The fraction of sp³-hybridized carbons (Fsp3) is 0.261. The van der Waals surface area contributed by atoms with E-state index in [9.17, 15) is 0 Å². The Hall–Kier alpha value is -3.65. The van der Waals surface area contributed by atoms with Gasteiger partial charge in [-0.1, -0.05) is 12.1 Å². The number of nitrogens with zero attached hydrogens (tertiary/aromatic N) is 6. The first-order chi connectivity index (χ1) is 15.2. The lowest BCUT2D eigenvalue weighted by molar-refractivity contribution is 0.313. The Bertz CT molecular complexity index is 1160. The minimum absolute atomic E-state index is 0. The minimum atomic E-state index is 0. The molecule has 0 aliphatic carbocycles. The summed E-state index contributed by atoms with van der Waals surface area (Å²) in [5, 5.41) is 11.4. The molecule has 1 saturated heterocycles. The molecule has 8 heteroatoms. The van der Waals surface area contributed by atoms with Gasteiger partial charge in [-0.25, -0.2) is 4.52 Å². The van der Waals surface area contributed by atoms with Crippen LogP contribution in [0.2, 0.25) is 0 Å². The maximum atomic E-state index is 4.71. The van der Waals surface area contributed by atoms with Crippen LogP contribution in [0.1, 0.15) is 6.99 Å². The summed E-state index contributed by atoms with van der Waals surface area (Å²) in [6.07, 6.45) is 5.54. The van der Waals surface area contributed by atoms with E-state index < -0.39 is 0 Å². The van der Waals surface area contributed by atoms with Crippen LogP contribution in [0.25, 0.3) is 5.65 Å². The highest BCUT2D eigenvalue weighted by atomic mass is 15.4. The molecule has 0 saturated carbocycles. The van der Waals surface area contributed by atoms with Crippen LogP contribution in [0.3, 0.4) is 0 Å². The summed E-state index contributed by atoms with van der Waals surface area (Å²) in [6, 6.07) is 16.4. The molecule has 0 amide bonds. The number of hydrogen-bond acceptors (Lipinski definition) is 7. The summed E-state index contributed by atoms with van der Waals surface area (Å²) in [4.78, 5) is 13.7. The zero-order valence-electron chi connectivity index (χ0n) is 17.6. The number of rotatable bonds is 6. The Kier molecular flexibility index (Phi) is 5.37. The molecular formula is C23H28N8. The van der Waals surface area contributed by atoms with E-state index in [1.54, 1.807) is 10.7 Å². The van der Waals surface area contributed by atoms with Crippen LogP contribution in [-0.4, -0.2) is 57.7 Å². The predicted molar refractivity (Wildman–Crippen MR) is 126 cm³/mol. The van der Waals surface area contributed by atoms with Gasteiger partial charge in [-0.3, -0.25) is 4.98 Å². The highest BCUT2D eigenvalue weighted by Gasteiger charge is 2.15. The second kappa shape index (κ2) is 8.61. The quantitative estimate of drug-likeness (QED) is 0.498. The number of likely N-dealkylation sites (N-methyl/N-ethyl adjacent to an activating group) is 1. The molecule has 1 aliphatic rings. The number of nitrogens with one attached hydrogen (secondary N) is 2. The molecular weight excluding hydrogens is 388 g/mol. The number of piperazine rings is 1. The predicted octanol–water partition coefficient (Wildman–Crippen LogP) is 3.48. The Morgan fingerprint density at radius 3 is 2.77 bits per heavy atom. The van der Waals surface area contributed by atoms with E-state index in [2.05, 4.69) is 55.8 Å². The first kappa shape index (κ1) is 19.3. The van der Waals surface area contributed by atoms with Gasteiger partial charge in [-0.2, -0.15) is 4.98 Å². The van der Waals surface area contributed by atoms with Crippen molar-refractivity contribution in [3.8, 4) is 0 Å². The van der Waals surface area contributed by atoms with Gasteiger partial charge in [-0.15, -0.1) is 5.10 Å². The van der Waals surface area contributed by atoms with Crippen LogP contribution < -0.4 is 15.5 Å². The summed E-state index contributed by atoms with van der Waals surface area (Å²) in [5.74, 6) is 0.575. The minimum Gasteiger partial charge on any atom is -0.378 e. The summed E-state index contributed by atoms with van der Waals surface area (Å²) in [7, 11) is 2.17. The van der Waals surface area contributed by atoms with Crippen molar-refractivity contribution in [3.63, 3.8) is 0 Å². The standard InChI is InChI=1S/C23H26N8.H2/c1-29-11-13-30(14-12-29)20-7-2-6-19(15-20)26-23-27-22-21(8-4-10-31(22)28-23)25-17-18-5-3-9-24-16-18;/h2-10,15-16,25H,11-14,17H2,1H3,(H,26,28);1H. The van der Waals surface area contributed by atoms with E-state index in [0.717, 1.165) is 48.8 Å². The molecule has 5 rings (SSSR count). The summed E-state index contributed by atoms with van der Waals surface area (Å²) >= 11 is 0. The molecule has 1 fully saturated rings. The number of anilines is 4. The Balaban J connectivity index is 0.00000245. The highest BCUT2D eigenvalue weighted by molar-refractivity contribution is 5.70. The van der Waals surface area contributed by atoms with E-state index in [1.165, 1.54) is 5.69 Å². The molecule has 1 aromatic carbocycles. The largest absolute Gasteiger partial charge is 0.378 e. The molecule has 1 aliphatic heterocycles. The third kappa shape index (κ3) is 4.44. The van der Waals surface area contributed by atoms with Crippen molar-refractivity contribution >= 4 is 28.7 Å². The van der Waals surface area contributed by atoms with E-state index >= 15 is 0 Å². The molecule has 0 bridgehead atoms. The molecule has 31 heavy (non-hydrogen) atoms. The Labute approximate surface area is 183 Å². The Morgan fingerprint density at radius 1 is 1.03 bits per heavy atom. The van der Waals surface area contributed by atoms with Crippen LogP contribution in [0, 0.1) is 0 Å². The maximum Gasteiger partial charge on any atom is 0.247 e. The second-order valence-electron chi connectivity index (χ2n) is 7.81. The molecule has 4 heterocycles. The van der Waals surface area contributed by atoms with Gasteiger partial charge in [-0.05, 0) is 49.0 Å². The molecule has 4 aromatic rings. The smallest absolute Gasteiger partial charge is 0.247 e. The van der Waals surface area contributed by atoms with E-state index in [-0.39, 0.29) is 1.43 Å². The van der Waals surface area contributed by atoms with Crippen molar-refractivity contribution in [1.29, 1.82) is 0 Å². The summed E-state index contributed by atoms with van der Waals surface area (Å²) in [5.41, 5.74) is 5.03. The van der Waals surface area contributed by atoms with Gasteiger partial charge in [0.2, 0.25) is 5.95 Å². The van der Waals surface area contributed by atoms with Crippen LogP contribution >= 0.6 is 0 Å². The fourth-order valence-corrected chi connectivity index (χ4v) is 3.77. The van der Waals surface area contributed by atoms with Gasteiger partial charge in [0.1, 0.15) is 0 Å². The van der Waals surface area contributed by atoms with Crippen molar-refractivity contribution in [3.05, 3.63) is 72.7 Å². The number of fused-ring (bicyclic) bond motifs is 1. The van der Waals surface area contributed by atoms with Crippen LogP contribution in [0.15, 0.2) is 67.1 Å². The monoisotopic (exact) mass is 416 g/mol. The van der Waals surface area contributed by atoms with Gasteiger partial charge >= 0.3 is 0 Å². The van der Waals surface area contributed by atoms with Crippen molar-refractivity contribution in [2.24, 2.45) is 0 Å². The number of hydrogen-bond donors (Lipinski definition) is 2. The van der Waals surface area contributed by atoms with Gasteiger partial charge < -0.3 is 20.4 Å². The van der Waals surface area contributed by atoms with Gasteiger partial charge in [0, 0.05) is 64.1 Å². The van der Waals surface area contributed by atoms with Gasteiger partial charge in [0.05, 0.1) is 5.69 Å². The summed E-state index contributed by atoms with van der Waals surface area (Å²) in [6.45, 7) is 4.92. The van der Waals surface area contributed by atoms with Gasteiger partial charge in [0.15, 0.2) is 5.65 Å². The molecule has 0 radical (unpaired) electrons. The van der Waals surface area contributed by atoms with E-state index in [4.69, 9.17) is 4.98 Å². The second-order valence-corrected chi connectivity index (χ2v) is 7.81. The number of benzene rings is 1. The van der Waals surface area contributed by atoms with Crippen molar-refractivity contribution in [1.82, 2.24) is 24.5 Å². The molecule has 2 N–H and O–H groups in total. The van der Waals surface area contributed by atoms with Crippen LogP contribution in [0.5, 0.6) is 0 Å². The summed E-state index contributed by atoms with van der Waals surface area (Å²) < 4.78 is 1.79. The van der Waals surface area contributed by atoms with Gasteiger partial charge in [0.25, 0.3) is 0 Å². The average molecular weight is 417 g/mol. The normalized spacial score (nSPS) is 14.7. The van der Waals surface area contributed by atoms with Crippen LogP contribution in [-0.2, 0) is 6.54 Å². The Morgan fingerprint density at radius 2 is 1.94 bits per heavy atom. The van der Waals surface area contributed by atoms with Crippen molar-refractivity contribution < 1.29 is 1.43 Å². The average Bonchev–Trinajstić information content (AvgIpc) is 3.22. The lowest BCUT2D eigenvalue weighted by Gasteiger charge is -2.34. The third-order valence-electron chi connectivity index (χ3n) is 5.54. The van der Waals surface area contributed by atoms with E-state index in [0.29, 0.717) is 12.5 Å². The molecule has 0 atom stereocenters. The zero-order valence-corrected chi connectivity index (χ0v) is 17.6. The lowest BCUT2D eigenvalue weighted by atomic mass is 10.2. The third-order valence-corrected chi connectivity index (χ3v) is 5.54. The zero-order chi connectivity index (χ0) is 21.0. The van der Waals surface area contributed by atoms with Crippen LogP contribution in [0.4, 0.5) is 23.0 Å². The molecule has 0 spiro atoms. The molecule has 0 unspecified atom stereocenters. The molecule has 8 nitrogen and oxygen atoms in total. The van der Waals surface area contributed by atoms with Crippen molar-refractivity contribution in [2.75, 3.05) is 48.8 Å². The number of pyridine rings is 2. The molecule has 160 valence electrons.